The molecule has 2 aliphatic heterocycles. The lowest BCUT2D eigenvalue weighted by Crippen LogP contribution is -2.34. The number of anilines is 1. The maximum Gasteiger partial charge on any atom is 0.265 e. The fourth-order valence-electron chi connectivity index (χ4n) is 4.92. The average Bonchev–Trinajstić information content (AvgIpc) is 3.43. The minimum absolute atomic E-state index is 0.0500. The predicted octanol–water partition coefficient (Wildman–Crippen LogP) is 5.89. The molecule has 2 aliphatic rings. The molecule has 190 valence electrons. The van der Waals surface area contributed by atoms with Crippen molar-refractivity contribution in [3.8, 4) is 0 Å². The van der Waals surface area contributed by atoms with Gasteiger partial charge in [-0.25, -0.2) is 0 Å². The van der Waals surface area contributed by atoms with E-state index in [4.69, 9.17) is 0 Å². The number of aryl methyl sites for hydroxylation is 1. The Hall–Kier alpha value is -3.35. The highest BCUT2D eigenvalue weighted by Crippen LogP contribution is 2.43. The van der Waals surface area contributed by atoms with Crippen LogP contribution in [0.3, 0.4) is 0 Å². The molecule has 0 unspecified atom stereocenters. The molecule has 0 aromatic heterocycles. The van der Waals surface area contributed by atoms with E-state index in [9.17, 15) is 9.59 Å². The van der Waals surface area contributed by atoms with Gasteiger partial charge >= 0.3 is 0 Å². The largest absolute Gasteiger partial charge is 0.352 e. The molecule has 0 radical (unpaired) electrons. The molecule has 0 saturated carbocycles. The van der Waals surface area contributed by atoms with Crippen LogP contribution in [0, 0.1) is 6.92 Å². The topological polar surface area (TPSA) is 52.7 Å². The van der Waals surface area contributed by atoms with E-state index < -0.39 is 0 Å². The summed E-state index contributed by atoms with van der Waals surface area (Å²) < 4.78 is 0. The number of likely N-dealkylation sites (tertiary alicyclic amines) is 1. The molecule has 0 aliphatic carbocycles. The van der Waals surface area contributed by atoms with Crippen molar-refractivity contribution in [3.63, 3.8) is 0 Å². The summed E-state index contributed by atoms with van der Waals surface area (Å²) in [7, 11) is 0. The van der Waals surface area contributed by atoms with Gasteiger partial charge in [-0.05, 0) is 81.2 Å². The van der Waals surface area contributed by atoms with E-state index in [1.165, 1.54) is 37.7 Å². The highest BCUT2D eigenvalue weighted by molar-refractivity contribution is 8.04. The lowest BCUT2D eigenvalue weighted by atomic mass is 10.1. The number of benzene rings is 3. The molecule has 5 rings (SSSR count). The van der Waals surface area contributed by atoms with Crippen molar-refractivity contribution in [2.75, 3.05) is 31.1 Å². The minimum atomic E-state index is -0.0946. The van der Waals surface area contributed by atoms with Crippen LogP contribution in [0.2, 0.25) is 0 Å². The molecular formula is C31H33N3O2S. The van der Waals surface area contributed by atoms with Crippen LogP contribution < -0.4 is 10.2 Å². The summed E-state index contributed by atoms with van der Waals surface area (Å²) in [6.07, 6.45) is 5.44. The number of amides is 2. The summed E-state index contributed by atoms with van der Waals surface area (Å²) in [6.45, 7) is 6.51. The third-order valence-corrected chi connectivity index (χ3v) is 7.92. The van der Waals surface area contributed by atoms with Gasteiger partial charge in [0.2, 0.25) is 0 Å². The molecule has 3 aromatic rings. The first-order chi connectivity index (χ1) is 18.1. The van der Waals surface area contributed by atoms with Gasteiger partial charge in [0.15, 0.2) is 0 Å². The highest BCUT2D eigenvalue weighted by Gasteiger charge is 2.30. The third-order valence-electron chi connectivity index (χ3n) is 6.84. The second kappa shape index (κ2) is 11.8. The summed E-state index contributed by atoms with van der Waals surface area (Å²) in [5.41, 5.74) is 4.56. The molecule has 5 nitrogen and oxygen atoms in total. The van der Waals surface area contributed by atoms with Crippen molar-refractivity contribution in [2.24, 2.45) is 0 Å². The molecule has 0 bridgehead atoms. The van der Waals surface area contributed by atoms with Crippen molar-refractivity contribution < 1.29 is 9.59 Å². The van der Waals surface area contributed by atoms with Gasteiger partial charge in [0, 0.05) is 17.0 Å². The molecule has 0 atom stereocenters. The van der Waals surface area contributed by atoms with Crippen molar-refractivity contribution in [1.82, 2.24) is 10.2 Å². The van der Waals surface area contributed by atoms with E-state index in [1.54, 1.807) is 4.90 Å². The van der Waals surface area contributed by atoms with E-state index in [0.717, 1.165) is 40.2 Å². The quantitative estimate of drug-likeness (QED) is 0.303. The number of thioether (sulfide) groups is 1. The van der Waals surface area contributed by atoms with Crippen LogP contribution in [-0.2, 0) is 11.3 Å². The van der Waals surface area contributed by atoms with Gasteiger partial charge in [-0.1, -0.05) is 71.9 Å². The number of hydrogen-bond donors (Lipinski definition) is 1. The molecule has 1 fully saturated rings. The first kappa shape index (κ1) is 25.3. The standard InChI is InChI=1S/C31H33N3O2S/c1-23-9-7-12-25(19-23)22-34-27-21-26(30(35)32-15-8-18-33-16-5-6-17-33)13-14-28(27)37-29(31(34)36)20-24-10-3-2-4-11-24/h2-4,7,9-14,19-21H,5-6,8,15-18,22H2,1H3,(H,32,35)/b29-20-. The zero-order valence-corrected chi connectivity index (χ0v) is 22.1. The van der Waals surface area contributed by atoms with E-state index in [-0.39, 0.29) is 11.8 Å². The SMILES string of the molecule is Cc1cccc(CN2C(=O)/C(=C/c3ccccc3)Sc3ccc(C(=O)NCCCN4CCCC4)cc32)c1. The van der Waals surface area contributed by atoms with Crippen LogP contribution in [0.5, 0.6) is 0 Å². The van der Waals surface area contributed by atoms with Gasteiger partial charge in [-0.2, -0.15) is 0 Å². The zero-order valence-electron chi connectivity index (χ0n) is 21.3. The maximum atomic E-state index is 13.7. The Kier molecular flexibility index (Phi) is 8.07. The van der Waals surface area contributed by atoms with Crippen molar-refractivity contribution in [1.29, 1.82) is 0 Å². The molecule has 37 heavy (non-hydrogen) atoms. The van der Waals surface area contributed by atoms with Crippen LogP contribution in [-0.4, -0.2) is 42.9 Å². The Bertz CT molecular complexity index is 1300. The average molecular weight is 512 g/mol. The molecule has 1 N–H and O–H groups in total. The summed E-state index contributed by atoms with van der Waals surface area (Å²) in [6, 6.07) is 23.8. The zero-order chi connectivity index (χ0) is 25.6. The van der Waals surface area contributed by atoms with Crippen LogP contribution in [0.25, 0.3) is 6.08 Å². The Balaban J connectivity index is 1.38. The van der Waals surface area contributed by atoms with Gasteiger partial charge in [0.05, 0.1) is 17.1 Å². The molecule has 0 spiro atoms. The number of nitrogens with zero attached hydrogens (tertiary/aromatic N) is 2. The van der Waals surface area contributed by atoms with Crippen LogP contribution in [0.1, 0.15) is 46.3 Å². The summed E-state index contributed by atoms with van der Waals surface area (Å²) >= 11 is 1.47. The monoisotopic (exact) mass is 511 g/mol. The van der Waals surface area contributed by atoms with Crippen molar-refractivity contribution >= 4 is 35.3 Å². The summed E-state index contributed by atoms with van der Waals surface area (Å²) in [5, 5.41) is 3.07. The molecule has 3 aromatic carbocycles. The summed E-state index contributed by atoms with van der Waals surface area (Å²) in [5.74, 6) is -0.145. The number of rotatable bonds is 8. The second-order valence-electron chi connectivity index (χ2n) is 9.74. The van der Waals surface area contributed by atoms with Gasteiger partial charge in [0.25, 0.3) is 11.8 Å². The number of carbonyl (C=O) groups excluding carboxylic acids is 2. The number of fused-ring (bicyclic) bond motifs is 1. The van der Waals surface area contributed by atoms with Crippen molar-refractivity contribution in [2.45, 2.75) is 37.6 Å². The number of hydrogen-bond acceptors (Lipinski definition) is 4. The van der Waals surface area contributed by atoms with E-state index in [1.807, 2.05) is 66.7 Å². The third kappa shape index (κ3) is 6.32. The normalized spacial score (nSPS) is 16.7. The Labute approximate surface area is 223 Å². The fourth-order valence-corrected chi connectivity index (χ4v) is 5.95. The molecule has 2 amide bonds. The van der Waals surface area contributed by atoms with Gasteiger partial charge in [-0.15, -0.1) is 0 Å². The predicted molar refractivity (Wildman–Crippen MR) is 152 cm³/mol. The molecule has 6 heteroatoms. The lowest BCUT2D eigenvalue weighted by molar-refractivity contribution is -0.114. The van der Waals surface area contributed by atoms with Crippen LogP contribution in [0.4, 0.5) is 5.69 Å². The molecule has 2 heterocycles. The fraction of sp³-hybridized carbons (Fsp3) is 0.290. The first-order valence-electron chi connectivity index (χ1n) is 13.0. The van der Waals surface area contributed by atoms with E-state index >= 15 is 0 Å². The van der Waals surface area contributed by atoms with Crippen LogP contribution >= 0.6 is 11.8 Å². The number of carbonyl (C=O) groups is 2. The van der Waals surface area contributed by atoms with Crippen LogP contribution in [0.15, 0.2) is 82.6 Å². The van der Waals surface area contributed by atoms with Gasteiger partial charge in [-0.3, -0.25) is 9.59 Å². The van der Waals surface area contributed by atoms with Gasteiger partial charge < -0.3 is 15.1 Å². The van der Waals surface area contributed by atoms with E-state index in [0.29, 0.717) is 23.6 Å². The lowest BCUT2D eigenvalue weighted by Gasteiger charge is -2.31. The molecular weight excluding hydrogens is 478 g/mol. The second-order valence-corrected chi connectivity index (χ2v) is 10.8. The maximum absolute atomic E-state index is 13.7. The number of nitrogens with one attached hydrogen (secondary N) is 1. The Morgan fingerprint density at radius 2 is 1.81 bits per heavy atom. The molecule has 1 saturated heterocycles. The Morgan fingerprint density at radius 3 is 2.59 bits per heavy atom. The highest BCUT2D eigenvalue weighted by atomic mass is 32.2. The summed E-state index contributed by atoms with van der Waals surface area (Å²) in [4.78, 5) is 32.6. The van der Waals surface area contributed by atoms with E-state index in [2.05, 4.69) is 29.3 Å². The Morgan fingerprint density at radius 1 is 1.00 bits per heavy atom. The van der Waals surface area contributed by atoms with Gasteiger partial charge in [0.1, 0.15) is 0 Å². The van der Waals surface area contributed by atoms with Crippen molar-refractivity contribution in [3.05, 3.63) is 100.0 Å². The minimum Gasteiger partial charge on any atom is -0.352 e. The first-order valence-corrected chi connectivity index (χ1v) is 13.8. The smallest absolute Gasteiger partial charge is 0.265 e.